The molecule has 0 amide bonds. The van der Waals surface area contributed by atoms with Crippen LogP contribution in [0.25, 0.3) is 16.7 Å². The van der Waals surface area contributed by atoms with Crippen LogP contribution >= 0.6 is 0 Å². The Balaban J connectivity index is 1.92. The predicted octanol–water partition coefficient (Wildman–Crippen LogP) is 5.07. The maximum absolute atomic E-state index is 13.8. The quantitative estimate of drug-likeness (QED) is 0.537. The van der Waals surface area contributed by atoms with Crippen LogP contribution in [0.2, 0.25) is 0 Å². The first-order valence-corrected chi connectivity index (χ1v) is 8.68. The molecule has 4 aromatic rings. The van der Waals surface area contributed by atoms with Crippen molar-refractivity contribution in [3.05, 3.63) is 71.7 Å². The second kappa shape index (κ2) is 6.92. The van der Waals surface area contributed by atoms with Gasteiger partial charge in [-0.05, 0) is 43.7 Å². The number of aromatic nitrogens is 3. The molecule has 28 heavy (non-hydrogen) atoms. The van der Waals surface area contributed by atoms with Crippen molar-refractivity contribution < 1.29 is 13.5 Å². The van der Waals surface area contributed by atoms with Gasteiger partial charge in [0, 0.05) is 11.8 Å². The zero-order valence-corrected chi connectivity index (χ0v) is 15.6. The number of para-hydroxylation sites is 2. The van der Waals surface area contributed by atoms with Gasteiger partial charge in [0.1, 0.15) is 29.5 Å². The lowest BCUT2D eigenvalue weighted by Crippen LogP contribution is -2.01. The van der Waals surface area contributed by atoms with E-state index in [0.29, 0.717) is 22.9 Å². The molecule has 0 saturated heterocycles. The van der Waals surface area contributed by atoms with E-state index < -0.39 is 11.6 Å². The van der Waals surface area contributed by atoms with Gasteiger partial charge in [0.15, 0.2) is 5.65 Å². The average Bonchev–Trinajstić information content (AvgIpc) is 2.93. The van der Waals surface area contributed by atoms with Crippen LogP contribution in [0.1, 0.15) is 11.3 Å². The van der Waals surface area contributed by atoms with Gasteiger partial charge in [-0.15, -0.1) is 0 Å². The predicted molar refractivity (Wildman–Crippen MR) is 105 cm³/mol. The van der Waals surface area contributed by atoms with Gasteiger partial charge in [-0.1, -0.05) is 12.1 Å². The maximum Gasteiger partial charge on any atom is 0.150 e. The van der Waals surface area contributed by atoms with Crippen molar-refractivity contribution in [1.82, 2.24) is 14.5 Å². The first kappa shape index (κ1) is 17.9. The molecule has 142 valence electrons. The molecule has 0 radical (unpaired) electrons. The number of nitrogens with zero attached hydrogens (tertiary/aromatic N) is 3. The number of halogens is 2. The van der Waals surface area contributed by atoms with Gasteiger partial charge in [0.2, 0.25) is 0 Å². The Bertz CT molecular complexity index is 1170. The van der Waals surface area contributed by atoms with Crippen molar-refractivity contribution >= 4 is 22.5 Å². The Morgan fingerprint density at radius 3 is 2.43 bits per heavy atom. The van der Waals surface area contributed by atoms with Crippen molar-refractivity contribution in [2.24, 2.45) is 0 Å². The van der Waals surface area contributed by atoms with E-state index in [-0.39, 0.29) is 0 Å². The first-order valence-electron chi connectivity index (χ1n) is 8.68. The normalized spacial score (nSPS) is 11.0. The van der Waals surface area contributed by atoms with E-state index in [9.17, 15) is 8.78 Å². The van der Waals surface area contributed by atoms with Crippen LogP contribution in [-0.4, -0.2) is 21.6 Å². The van der Waals surface area contributed by atoms with E-state index >= 15 is 0 Å². The number of anilines is 2. The monoisotopic (exact) mass is 380 g/mol. The Hall–Kier alpha value is -3.48. The van der Waals surface area contributed by atoms with Gasteiger partial charge in [-0.25, -0.2) is 18.7 Å². The molecule has 0 aliphatic carbocycles. The molecule has 5 nitrogen and oxygen atoms in total. The Kier molecular flexibility index (Phi) is 4.43. The SMILES string of the molecule is COc1ccccc1Nc1ncnc2c1c(C)c(C)n2-c1cc(F)cc(F)c1. The van der Waals surface area contributed by atoms with Crippen LogP contribution in [0, 0.1) is 25.5 Å². The van der Waals surface area contributed by atoms with Gasteiger partial charge in [0.05, 0.1) is 23.9 Å². The molecule has 0 aliphatic heterocycles. The van der Waals surface area contributed by atoms with E-state index in [2.05, 4.69) is 15.3 Å². The number of hydrogen-bond donors (Lipinski definition) is 1. The van der Waals surface area contributed by atoms with Gasteiger partial charge in [0.25, 0.3) is 0 Å². The van der Waals surface area contributed by atoms with Gasteiger partial charge in [-0.3, -0.25) is 4.57 Å². The van der Waals surface area contributed by atoms with E-state index in [0.717, 1.165) is 28.4 Å². The van der Waals surface area contributed by atoms with E-state index in [1.165, 1.54) is 18.5 Å². The molecule has 4 rings (SSSR count). The Morgan fingerprint density at radius 1 is 1.00 bits per heavy atom. The number of hydrogen-bond acceptors (Lipinski definition) is 4. The number of aryl methyl sites for hydroxylation is 1. The number of fused-ring (bicyclic) bond motifs is 1. The summed E-state index contributed by atoms with van der Waals surface area (Å²) in [6, 6.07) is 10.9. The topological polar surface area (TPSA) is 52.0 Å². The summed E-state index contributed by atoms with van der Waals surface area (Å²) in [5.41, 5.74) is 3.43. The third-order valence-electron chi connectivity index (χ3n) is 4.76. The van der Waals surface area contributed by atoms with Crippen LogP contribution in [0.15, 0.2) is 48.8 Å². The van der Waals surface area contributed by atoms with Crippen molar-refractivity contribution in [1.29, 1.82) is 0 Å². The van der Waals surface area contributed by atoms with Crippen LogP contribution < -0.4 is 10.1 Å². The lowest BCUT2D eigenvalue weighted by molar-refractivity contribution is 0.417. The van der Waals surface area contributed by atoms with Gasteiger partial charge >= 0.3 is 0 Å². The summed E-state index contributed by atoms with van der Waals surface area (Å²) in [6.45, 7) is 3.81. The van der Waals surface area contributed by atoms with Gasteiger partial charge in [-0.2, -0.15) is 0 Å². The third-order valence-corrected chi connectivity index (χ3v) is 4.76. The largest absolute Gasteiger partial charge is 0.495 e. The highest BCUT2D eigenvalue weighted by molar-refractivity contribution is 5.94. The zero-order valence-electron chi connectivity index (χ0n) is 15.6. The first-order chi connectivity index (χ1) is 13.5. The summed E-state index contributed by atoms with van der Waals surface area (Å²) >= 11 is 0. The minimum Gasteiger partial charge on any atom is -0.495 e. The Labute approximate surface area is 160 Å². The molecule has 0 fully saturated rings. The molecule has 2 aromatic carbocycles. The summed E-state index contributed by atoms with van der Waals surface area (Å²) in [5, 5.41) is 4.06. The number of methoxy groups -OCH3 is 1. The fraction of sp³-hybridized carbons (Fsp3) is 0.143. The summed E-state index contributed by atoms with van der Waals surface area (Å²) < 4.78 is 34.7. The minimum atomic E-state index is -0.643. The number of ether oxygens (including phenoxy) is 1. The van der Waals surface area contributed by atoms with Crippen molar-refractivity contribution in [2.45, 2.75) is 13.8 Å². The molecule has 7 heteroatoms. The van der Waals surface area contributed by atoms with E-state index in [4.69, 9.17) is 4.74 Å². The standard InChI is InChI=1S/C21H18F2N4O/c1-12-13(2)27(16-9-14(22)8-15(23)10-16)21-19(12)20(24-11-25-21)26-17-6-4-5-7-18(17)28-3/h4-11H,1-3H3,(H,24,25,26). The van der Waals surface area contributed by atoms with Crippen LogP contribution in [-0.2, 0) is 0 Å². The average molecular weight is 380 g/mol. The van der Waals surface area contributed by atoms with Crippen LogP contribution in [0.4, 0.5) is 20.3 Å². The minimum absolute atomic E-state index is 0.370. The summed E-state index contributed by atoms with van der Waals surface area (Å²) in [5.74, 6) is -0.0216. The van der Waals surface area contributed by atoms with Crippen molar-refractivity contribution in [2.75, 3.05) is 12.4 Å². The lowest BCUT2D eigenvalue weighted by atomic mass is 10.2. The number of benzene rings is 2. The van der Waals surface area contributed by atoms with Crippen LogP contribution in [0.3, 0.4) is 0 Å². The smallest absolute Gasteiger partial charge is 0.150 e. The fourth-order valence-corrected chi connectivity index (χ4v) is 3.35. The van der Waals surface area contributed by atoms with Crippen molar-refractivity contribution in [3.8, 4) is 11.4 Å². The zero-order chi connectivity index (χ0) is 19.8. The third kappa shape index (κ3) is 2.94. The maximum atomic E-state index is 13.8. The van der Waals surface area contributed by atoms with Gasteiger partial charge < -0.3 is 10.1 Å². The molecular weight excluding hydrogens is 362 g/mol. The van der Waals surface area contributed by atoms with E-state index in [1.54, 1.807) is 11.7 Å². The number of rotatable bonds is 4. The highest BCUT2D eigenvalue weighted by Crippen LogP contribution is 2.34. The van der Waals surface area contributed by atoms with Crippen LogP contribution in [0.5, 0.6) is 5.75 Å². The second-order valence-electron chi connectivity index (χ2n) is 6.42. The lowest BCUT2D eigenvalue weighted by Gasteiger charge is -2.11. The summed E-state index contributed by atoms with van der Waals surface area (Å²) in [6.07, 6.45) is 1.42. The molecular formula is C21H18F2N4O. The fourth-order valence-electron chi connectivity index (χ4n) is 3.35. The molecule has 2 heterocycles. The molecule has 0 unspecified atom stereocenters. The molecule has 0 atom stereocenters. The highest BCUT2D eigenvalue weighted by atomic mass is 19.1. The molecule has 0 bridgehead atoms. The van der Waals surface area contributed by atoms with E-state index in [1.807, 2.05) is 38.1 Å². The summed E-state index contributed by atoms with van der Waals surface area (Å²) in [7, 11) is 1.60. The number of nitrogens with one attached hydrogen (secondary N) is 1. The Morgan fingerprint density at radius 2 is 1.71 bits per heavy atom. The van der Waals surface area contributed by atoms with Crippen molar-refractivity contribution in [3.63, 3.8) is 0 Å². The molecule has 0 spiro atoms. The molecule has 2 aromatic heterocycles. The summed E-state index contributed by atoms with van der Waals surface area (Å²) in [4.78, 5) is 8.76. The second-order valence-corrected chi connectivity index (χ2v) is 6.42. The molecule has 0 aliphatic rings. The molecule has 0 saturated carbocycles. The highest BCUT2D eigenvalue weighted by Gasteiger charge is 2.19. The molecule has 1 N–H and O–H groups in total.